The summed E-state index contributed by atoms with van der Waals surface area (Å²) in [4.78, 5) is 10.0. The van der Waals surface area contributed by atoms with Crippen LogP contribution in [0.2, 0.25) is 0 Å². The Morgan fingerprint density at radius 3 is 2.33 bits per heavy atom. The predicted octanol–water partition coefficient (Wildman–Crippen LogP) is 0.936. The van der Waals surface area contributed by atoms with Gasteiger partial charge in [0.2, 0.25) is 0 Å². The van der Waals surface area contributed by atoms with Crippen LogP contribution in [0.1, 0.15) is 0 Å². The lowest BCUT2D eigenvalue weighted by Crippen LogP contribution is -1.97. The van der Waals surface area contributed by atoms with Gasteiger partial charge in [-0.05, 0) is 0 Å². The number of ketones is 1. The molecule has 0 rings (SSSR count). The maximum absolute atomic E-state index is 11.3. The van der Waals surface area contributed by atoms with Crippen LogP contribution in [0.15, 0.2) is 11.8 Å². The van der Waals surface area contributed by atoms with Gasteiger partial charge in [0.05, 0.1) is 0 Å². The number of halogens is 2. The highest BCUT2D eigenvalue weighted by Gasteiger charge is 1.97. The van der Waals surface area contributed by atoms with Gasteiger partial charge in [-0.2, -0.15) is 0 Å². The van der Waals surface area contributed by atoms with Gasteiger partial charge in [0, 0.05) is 6.08 Å². The first kappa shape index (κ1) is 8.07. The Labute approximate surface area is 50.8 Å². The number of carbonyl (C=O) groups is 1. The van der Waals surface area contributed by atoms with E-state index in [0.29, 0.717) is 6.08 Å². The molecule has 0 aliphatic rings. The first-order valence-corrected chi connectivity index (χ1v) is 2.25. The second-order valence-corrected chi connectivity index (χ2v) is 1.37. The van der Waals surface area contributed by atoms with E-state index in [0.717, 1.165) is 0 Å². The average molecular weight is 136 g/mol. The molecule has 0 aromatic carbocycles. The zero-order valence-corrected chi connectivity index (χ0v) is 4.60. The standard InChI is InChI=1S/C5H6F2O2/c6-2-4(8)1-5(9)3-7/h1,8H,2-3H2. The molecule has 0 bridgehead atoms. The number of aliphatic hydroxyl groups excluding tert-OH is 1. The third kappa shape index (κ3) is 3.64. The van der Waals surface area contributed by atoms with Crippen LogP contribution in [-0.4, -0.2) is 24.2 Å². The first-order valence-electron chi connectivity index (χ1n) is 2.25. The second kappa shape index (κ2) is 4.00. The van der Waals surface area contributed by atoms with Crippen LogP contribution in [0.4, 0.5) is 8.78 Å². The fourth-order valence-corrected chi connectivity index (χ4v) is 0.263. The quantitative estimate of drug-likeness (QED) is 0.463. The van der Waals surface area contributed by atoms with Gasteiger partial charge in [0.15, 0.2) is 12.5 Å². The fourth-order valence-electron chi connectivity index (χ4n) is 0.263. The summed E-state index contributed by atoms with van der Waals surface area (Å²) in [6.45, 7) is -2.34. The topological polar surface area (TPSA) is 37.3 Å². The zero-order chi connectivity index (χ0) is 7.28. The van der Waals surface area contributed by atoms with Crippen molar-refractivity contribution in [2.24, 2.45) is 0 Å². The minimum Gasteiger partial charge on any atom is -0.509 e. The molecule has 4 heteroatoms. The van der Waals surface area contributed by atoms with E-state index in [1.54, 1.807) is 0 Å². The molecule has 2 nitrogen and oxygen atoms in total. The van der Waals surface area contributed by atoms with E-state index in [1.807, 2.05) is 0 Å². The number of rotatable bonds is 3. The molecular weight excluding hydrogens is 130 g/mol. The lowest BCUT2D eigenvalue weighted by Gasteiger charge is -1.87. The van der Waals surface area contributed by atoms with Gasteiger partial charge in [0.1, 0.15) is 12.4 Å². The Morgan fingerprint density at radius 2 is 2.00 bits per heavy atom. The van der Waals surface area contributed by atoms with Crippen LogP contribution < -0.4 is 0 Å². The maximum atomic E-state index is 11.3. The van der Waals surface area contributed by atoms with Gasteiger partial charge in [-0.15, -0.1) is 0 Å². The van der Waals surface area contributed by atoms with Crippen LogP contribution in [0.25, 0.3) is 0 Å². The summed E-state index contributed by atoms with van der Waals surface area (Å²) in [6, 6.07) is 0. The molecule has 0 saturated carbocycles. The molecule has 0 spiro atoms. The highest BCUT2D eigenvalue weighted by Crippen LogP contribution is 1.89. The Morgan fingerprint density at radius 1 is 1.44 bits per heavy atom. The predicted molar refractivity (Wildman–Crippen MR) is 27.7 cm³/mol. The van der Waals surface area contributed by atoms with Crippen molar-refractivity contribution < 1.29 is 18.7 Å². The number of allylic oxidation sites excluding steroid dienone is 2. The summed E-state index contributed by atoms with van der Waals surface area (Å²) in [5.74, 6) is -1.66. The number of hydrogen-bond donors (Lipinski definition) is 1. The number of carbonyl (C=O) groups excluding carboxylic acids is 1. The number of alkyl halides is 2. The van der Waals surface area contributed by atoms with Gasteiger partial charge in [0.25, 0.3) is 0 Å². The fraction of sp³-hybridized carbons (Fsp3) is 0.400. The maximum Gasteiger partial charge on any atom is 0.190 e. The smallest absolute Gasteiger partial charge is 0.190 e. The highest BCUT2D eigenvalue weighted by atomic mass is 19.1. The van der Waals surface area contributed by atoms with E-state index < -0.39 is 24.9 Å². The normalized spacial score (nSPS) is 11.6. The molecule has 0 aromatic rings. The van der Waals surface area contributed by atoms with Crippen LogP contribution in [0.3, 0.4) is 0 Å². The van der Waals surface area contributed by atoms with E-state index in [9.17, 15) is 13.6 Å². The van der Waals surface area contributed by atoms with Gasteiger partial charge >= 0.3 is 0 Å². The second-order valence-electron chi connectivity index (χ2n) is 1.37. The average Bonchev–Trinajstić information content (AvgIpc) is 1.87. The SMILES string of the molecule is O=C(C=C(O)CF)CF. The molecule has 1 N–H and O–H groups in total. The molecule has 0 saturated heterocycles. The lowest BCUT2D eigenvalue weighted by molar-refractivity contribution is -0.115. The summed E-state index contributed by atoms with van der Waals surface area (Å²) in [6.07, 6.45) is 0.528. The molecule has 0 fully saturated rings. The summed E-state index contributed by atoms with van der Waals surface area (Å²) in [5, 5.41) is 8.26. The van der Waals surface area contributed by atoms with E-state index in [-0.39, 0.29) is 0 Å². The third-order valence-corrected chi connectivity index (χ3v) is 0.596. The molecule has 9 heavy (non-hydrogen) atoms. The molecule has 0 unspecified atom stereocenters. The highest BCUT2D eigenvalue weighted by molar-refractivity contribution is 5.90. The van der Waals surface area contributed by atoms with Crippen LogP contribution in [0, 0.1) is 0 Å². The molecule has 0 atom stereocenters. The summed E-state index contributed by atoms with van der Waals surface area (Å²) < 4.78 is 22.5. The van der Waals surface area contributed by atoms with E-state index in [4.69, 9.17) is 5.11 Å². The van der Waals surface area contributed by atoms with Gasteiger partial charge in [-0.3, -0.25) is 4.79 Å². The minimum atomic E-state index is -1.20. The monoisotopic (exact) mass is 136 g/mol. The Bertz CT molecular complexity index is 131. The van der Waals surface area contributed by atoms with E-state index in [2.05, 4.69) is 0 Å². The lowest BCUT2D eigenvalue weighted by atomic mass is 10.3. The summed E-state index contributed by atoms with van der Waals surface area (Å²) in [5.41, 5.74) is 0. The van der Waals surface area contributed by atoms with Crippen LogP contribution in [-0.2, 0) is 4.79 Å². The molecule has 0 aliphatic heterocycles. The van der Waals surface area contributed by atoms with E-state index >= 15 is 0 Å². The van der Waals surface area contributed by atoms with Gasteiger partial charge < -0.3 is 5.11 Å². The van der Waals surface area contributed by atoms with Crippen molar-refractivity contribution in [3.8, 4) is 0 Å². The number of hydrogen-bond acceptors (Lipinski definition) is 2. The summed E-state index contributed by atoms with van der Waals surface area (Å²) >= 11 is 0. The van der Waals surface area contributed by atoms with Crippen LogP contribution in [0.5, 0.6) is 0 Å². The Hall–Kier alpha value is -0.930. The molecule has 0 radical (unpaired) electrons. The van der Waals surface area contributed by atoms with E-state index in [1.165, 1.54) is 0 Å². The van der Waals surface area contributed by atoms with Crippen molar-refractivity contribution in [1.29, 1.82) is 0 Å². The van der Waals surface area contributed by atoms with Gasteiger partial charge in [-0.1, -0.05) is 0 Å². The summed E-state index contributed by atoms with van der Waals surface area (Å²) in [7, 11) is 0. The Kier molecular flexibility index (Phi) is 3.59. The van der Waals surface area contributed by atoms with Crippen molar-refractivity contribution >= 4 is 5.78 Å². The molecule has 0 aromatic heterocycles. The van der Waals surface area contributed by atoms with Crippen molar-refractivity contribution in [3.63, 3.8) is 0 Å². The first-order chi connectivity index (χ1) is 4.20. The molecular formula is C5H6F2O2. The Balaban J connectivity index is 3.79. The molecule has 0 amide bonds. The van der Waals surface area contributed by atoms with Crippen molar-refractivity contribution in [3.05, 3.63) is 11.8 Å². The molecule has 0 heterocycles. The number of aliphatic hydroxyl groups is 1. The molecule has 0 aliphatic carbocycles. The van der Waals surface area contributed by atoms with Crippen molar-refractivity contribution in [2.75, 3.05) is 13.3 Å². The molecule has 52 valence electrons. The van der Waals surface area contributed by atoms with Gasteiger partial charge in [-0.25, -0.2) is 8.78 Å². The van der Waals surface area contributed by atoms with Crippen molar-refractivity contribution in [2.45, 2.75) is 0 Å². The largest absolute Gasteiger partial charge is 0.509 e. The van der Waals surface area contributed by atoms with Crippen LogP contribution >= 0.6 is 0 Å². The zero-order valence-electron chi connectivity index (χ0n) is 4.60. The van der Waals surface area contributed by atoms with Crippen molar-refractivity contribution in [1.82, 2.24) is 0 Å². The third-order valence-electron chi connectivity index (χ3n) is 0.596. The minimum absolute atomic E-state index is 0.528.